The van der Waals surface area contributed by atoms with E-state index in [0.717, 1.165) is 6.42 Å². The van der Waals surface area contributed by atoms with E-state index in [1.165, 1.54) is 19.1 Å². The number of hydrogen-bond donors (Lipinski definition) is 1. The molecule has 1 aliphatic heterocycles. The number of nitrogens with one attached hydrogen (secondary N) is 1. The number of carbonyl (C=O) groups excluding carboxylic acids is 3. The average molecular weight is 418 g/mol. The van der Waals surface area contributed by atoms with Crippen molar-refractivity contribution in [3.8, 4) is 11.5 Å². The molecule has 3 aliphatic rings. The van der Waals surface area contributed by atoms with Crippen molar-refractivity contribution in [2.75, 3.05) is 24.4 Å². The average Bonchev–Trinajstić information content (AvgIpc) is 3.47. The van der Waals surface area contributed by atoms with E-state index in [0.29, 0.717) is 22.9 Å². The molecule has 1 saturated carbocycles. The van der Waals surface area contributed by atoms with Crippen LogP contribution in [0.1, 0.15) is 16.8 Å². The predicted octanol–water partition coefficient (Wildman–Crippen LogP) is 3.27. The van der Waals surface area contributed by atoms with Crippen LogP contribution in [0.15, 0.2) is 54.6 Å². The molecule has 2 fully saturated rings. The van der Waals surface area contributed by atoms with Gasteiger partial charge in [-0.1, -0.05) is 24.3 Å². The zero-order valence-corrected chi connectivity index (χ0v) is 17.2. The third-order valence-corrected chi connectivity index (χ3v) is 6.51. The Morgan fingerprint density at radius 3 is 2.29 bits per heavy atom. The molecule has 7 nitrogen and oxygen atoms in total. The molecule has 158 valence electrons. The molecular weight excluding hydrogens is 396 g/mol. The number of benzene rings is 2. The topological polar surface area (TPSA) is 84.9 Å². The molecule has 5 rings (SSSR count). The van der Waals surface area contributed by atoms with Gasteiger partial charge < -0.3 is 14.8 Å². The van der Waals surface area contributed by atoms with Crippen molar-refractivity contribution in [1.29, 1.82) is 0 Å². The number of hydrogen-bond acceptors (Lipinski definition) is 5. The number of para-hydroxylation sites is 1. The maximum Gasteiger partial charge on any atom is 0.257 e. The molecule has 0 spiro atoms. The van der Waals surface area contributed by atoms with Gasteiger partial charge in [-0.15, -0.1) is 0 Å². The lowest BCUT2D eigenvalue weighted by atomic mass is 9.85. The van der Waals surface area contributed by atoms with Gasteiger partial charge in [0.05, 0.1) is 43.0 Å². The summed E-state index contributed by atoms with van der Waals surface area (Å²) in [5, 5.41) is 2.82. The van der Waals surface area contributed by atoms with Crippen LogP contribution in [0, 0.1) is 23.7 Å². The minimum absolute atomic E-state index is 0.110. The van der Waals surface area contributed by atoms with E-state index < -0.39 is 5.91 Å². The van der Waals surface area contributed by atoms with E-state index in [1.54, 1.807) is 42.5 Å². The monoisotopic (exact) mass is 418 g/mol. The summed E-state index contributed by atoms with van der Waals surface area (Å²) in [5.74, 6) is -0.272. The third kappa shape index (κ3) is 2.91. The van der Waals surface area contributed by atoms with Crippen molar-refractivity contribution >= 4 is 29.1 Å². The molecule has 2 bridgehead atoms. The van der Waals surface area contributed by atoms with Gasteiger partial charge in [-0.05, 0) is 42.5 Å². The minimum Gasteiger partial charge on any atom is -0.497 e. The highest BCUT2D eigenvalue weighted by molar-refractivity contribution is 6.25. The standard InChI is InChI=1S/C24H22N2O5/c1-30-15-9-10-19(31-2)17(12-15)25-22(27)16-5-3-4-6-18(16)26-23(28)20-13-7-8-14(11-13)21(20)24(26)29/h3-10,12-14,20-21H,11H2,1-2H3,(H,25,27)/t13-,14-,20-,21-/m0/s1. The molecule has 2 aromatic carbocycles. The van der Waals surface area contributed by atoms with Crippen LogP contribution in [0.2, 0.25) is 0 Å². The van der Waals surface area contributed by atoms with Crippen molar-refractivity contribution in [3.63, 3.8) is 0 Å². The molecule has 1 saturated heterocycles. The number of anilines is 2. The molecule has 0 radical (unpaired) electrons. The second-order valence-electron chi connectivity index (χ2n) is 8.05. The minimum atomic E-state index is -0.444. The number of fused-ring (bicyclic) bond motifs is 5. The molecule has 0 aromatic heterocycles. The lowest BCUT2D eigenvalue weighted by Gasteiger charge is -2.20. The fourth-order valence-corrected chi connectivity index (χ4v) is 5.10. The van der Waals surface area contributed by atoms with Gasteiger partial charge in [0.2, 0.25) is 11.8 Å². The zero-order valence-electron chi connectivity index (χ0n) is 17.2. The molecule has 0 unspecified atom stereocenters. The van der Waals surface area contributed by atoms with E-state index in [-0.39, 0.29) is 41.0 Å². The molecular formula is C24H22N2O5. The Labute approximate surface area is 179 Å². The number of imide groups is 1. The fourth-order valence-electron chi connectivity index (χ4n) is 5.10. The number of rotatable bonds is 5. The van der Waals surface area contributed by atoms with Crippen molar-refractivity contribution in [2.45, 2.75) is 6.42 Å². The van der Waals surface area contributed by atoms with Crippen LogP contribution in [0.4, 0.5) is 11.4 Å². The number of carbonyl (C=O) groups is 3. The summed E-state index contributed by atoms with van der Waals surface area (Å²) in [6, 6.07) is 11.8. The summed E-state index contributed by atoms with van der Waals surface area (Å²) >= 11 is 0. The Bertz CT molecular complexity index is 1090. The SMILES string of the molecule is COc1ccc(OC)c(NC(=O)c2ccccc2N2C(=O)[C@@H]3[C@@H](C2=O)[C@H]2C=C[C@H]3C2)c1. The first kappa shape index (κ1) is 19.4. The molecule has 7 heteroatoms. The van der Waals surface area contributed by atoms with E-state index in [1.807, 2.05) is 12.2 Å². The Morgan fingerprint density at radius 2 is 1.65 bits per heavy atom. The van der Waals surface area contributed by atoms with Gasteiger partial charge in [0.25, 0.3) is 5.91 Å². The number of amides is 3. The molecule has 4 atom stereocenters. The Balaban J connectivity index is 1.48. The smallest absolute Gasteiger partial charge is 0.257 e. The second kappa shape index (κ2) is 7.27. The van der Waals surface area contributed by atoms with Gasteiger partial charge in [0.15, 0.2) is 0 Å². The normalized spacial score (nSPS) is 25.7. The van der Waals surface area contributed by atoms with Gasteiger partial charge in [-0.2, -0.15) is 0 Å². The van der Waals surface area contributed by atoms with Gasteiger partial charge in [-0.25, -0.2) is 4.90 Å². The quantitative estimate of drug-likeness (QED) is 0.595. The van der Waals surface area contributed by atoms with Crippen LogP contribution < -0.4 is 19.7 Å². The molecule has 2 aliphatic carbocycles. The Hall–Kier alpha value is -3.61. The fraction of sp³-hybridized carbons (Fsp3) is 0.292. The first-order valence-corrected chi connectivity index (χ1v) is 10.2. The number of methoxy groups -OCH3 is 2. The Morgan fingerprint density at radius 1 is 0.968 bits per heavy atom. The van der Waals surface area contributed by atoms with Crippen LogP contribution >= 0.6 is 0 Å². The van der Waals surface area contributed by atoms with Crippen molar-refractivity contribution in [2.24, 2.45) is 23.7 Å². The molecule has 2 aromatic rings. The lowest BCUT2D eigenvalue weighted by molar-refractivity contribution is -0.123. The first-order valence-electron chi connectivity index (χ1n) is 10.2. The third-order valence-electron chi connectivity index (χ3n) is 6.51. The van der Waals surface area contributed by atoms with Crippen LogP contribution in [0.25, 0.3) is 0 Å². The maximum atomic E-state index is 13.2. The number of ether oxygens (including phenoxy) is 2. The zero-order chi connectivity index (χ0) is 21.7. The summed E-state index contributed by atoms with van der Waals surface area (Å²) in [4.78, 5) is 40.8. The van der Waals surface area contributed by atoms with Gasteiger partial charge >= 0.3 is 0 Å². The highest BCUT2D eigenvalue weighted by Gasteiger charge is 2.59. The van der Waals surface area contributed by atoms with E-state index in [9.17, 15) is 14.4 Å². The highest BCUT2D eigenvalue weighted by Crippen LogP contribution is 2.53. The second-order valence-corrected chi connectivity index (χ2v) is 8.05. The van der Waals surface area contributed by atoms with Crippen molar-refractivity contribution in [1.82, 2.24) is 0 Å². The van der Waals surface area contributed by atoms with Gasteiger partial charge in [0.1, 0.15) is 11.5 Å². The molecule has 31 heavy (non-hydrogen) atoms. The summed E-state index contributed by atoms with van der Waals surface area (Å²) < 4.78 is 10.6. The molecule has 3 amide bonds. The summed E-state index contributed by atoms with van der Waals surface area (Å²) in [6.45, 7) is 0. The Kier molecular flexibility index (Phi) is 4.54. The summed E-state index contributed by atoms with van der Waals surface area (Å²) in [6.07, 6.45) is 4.96. The van der Waals surface area contributed by atoms with Crippen molar-refractivity contribution in [3.05, 3.63) is 60.2 Å². The van der Waals surface area contributed by atoms with E-state index in [2.05, 4.69) is 5.32 Å². The highest BCUT2D eigenvalue weighted by atomic mass is 16.5. The molecule has 1 heterocycles. The van der Waals surface area contributed by atoms with Crippen LogP contribution in [0.5, 0.6) is 11.5 Å². The summed E-state index contributed by atoms with van der Waals surface area (Å²) in [7, 11) is 3.04. The van der Waals surface area contributed by atoms with Crippen LogP contribution in [0.3, 0.4) is 0 Å². The summed E-state index contributed by atoms with van der Waals surface area (Å²) in [5.41, 5.74) is 0.986. The largest absolute Gasteiger partial charge is 0.497 e. The van der Waals surface area contributed by atoms with E-state index >= 15 is 0 Å². The lowest BCUT2D eigenvalue weighted by Crippen LogP contribution is -2.34. The van der Waals surface area contributed by atoms with Crippen molar-refractivity contribution < 1.29 is 23.9 Å². The van der Waals surface area contributed by atoms with Gasteiger partial charge in [-0.3, -0.25) is 14.4 Å². The van der Waals surface area contributed by atoms with E-state index in [4.69, 9.17) is 9.47 Å². The van der Waals surface area contributed by atoms with Gasteiger partial charge in [0, 0.05) is 6.07 Å². The predicted molar refractivity (Wildman–Crippen MR) is 114 cm³/mol. The maximum absolute atomic E-state index is 13.2. The number of nitrogens with zero attached hydrogens (tertiary/aromatic N) is 1. The van der Waals surface area contributed by atoms with Crippen LogP contribution in [-0.4, -0.2) is 31.9 Å². The van der Waals surface area contributed by atoms with Crippen LogP contribution in [-0.2, 0) is 9.59 Å². The number of allylic oxidation sites excluding steroid dienone is 2. The molecule has 1 N–H and O–H groups in total. The first-order chi connectivity index (χ1) is 15.0.